The average Bonchev–Trinajstić information content (AvgIpc) is 2.46. The molecule has 1 atom stereocenters. The molecular formula is C17H25N3O5S. The highest BCUT2D eigenvalue weighted by atomic mass is 32.2. The molecule has 0 aliphatic carbocycles. The average molecular weight is 383 g/mol. The molecule has 26 heavy (non-hydrogen) atoms. The normalized spacial score (nSPS) is 17.3. The Kier molecular flexibility index (Phi) is 5.34. The Morgan fingerprint density at radius 1 is 1.35 bits per heavy atom. The van der Waals surface area contributed by atoms with E-state index in [1.54, 1.807) is 19.9 Å². The molecule has 8 nitrogen and oxygen atoms in total. The van der Waals surface area contributed by atoms with E-state index >= 15 is 0 Å². The van der Waals surface area contributed by atoms with Crippen molar-refractivity contribution in [3.05, 3.63) is 17.7 Å². The van der Waals surface area contributed by atoms with Gasteiger partial charge >= 0.3 is 0 Å². The molecule has 1 aliphatic heterocycles. The Morgan fingerprint density at radius 2 is 1.96 bits per heavy atom. The molecule has 0 aromatic heterocycles. The van der Waals surface area contributed by atoms with Crippen molar-refractivity contribution in [2.24, 2.45) is 0 Å². The number of anilines is 1. The van der Waals surface area contributed by atoms with Crippen LogP contribution in [-0.4, -0.2) is 49.8 Å². The van der Waals surface area contributed by atoms with Crippen LogP contribution in [0, 0.1) is 6.92 Å². The molecule has 0 saturated heterocycles. The fourth-order valence-corrected chi connectivity index (χ4v) is 3.88. The Labute approximate surface area is 153 Å². The van der Waals surface area contributed by atoms with Crippen molar-refractivity contribution in [1.29, 1.82) is 0 Å². The summed E-state index contributed by atoms with van der Waals surface area (Å²) in [5.41, 5.74) is 0.425. The Hall–Kier alpha value is -2.13. The number of carbonyl (C=O) groups excluding carboxylic acids is 2. The van der Waals surface area contributed by atoms with Crippen molar-refractivity contribution in [2.75, 3.05) is 18.9 Å². The number of benzene rings is 1. The van der Waals surface area contributed by atoms with E-state index in [0.717, 1.165) is 4.31 Å². The highest BCUT2D eigenvalue weighted by Gasteiger charge is 2.30. The molecule has 2 amide bonds. The first-order valence-corrected chi connectivity index (χ1v) is 9.65. The lowest BCUT2D eigenvalue weighted by Gasteiger charge is -2.26. The maximum atomic E-state index is 12.9. The van der Waals surface area contributed by atoms with E-state index in [1.165, 1.54) is 13.1 Å². The maximum absolute atomic E-state index is 12.9. The Balaban J connectivity index is 2.30. The van der Waals surface area contributed by atoms with E-state index in [0.29, 0.717) is 11.3 Å². The number of hydrogen-bond acceptors (Lipinski definition) is 5. The van der Waals surface area contributed by atoms with Gasteiger partial charge in [0, 0.05) is 18.7 Å². The summed E-state index contributed by atoms with van der Waals surface area (Å²) in [6.45, 7) is 8.36. The molecule has 0 radical (unpaired) electrons. The smallest absolute Gasteiger partial charge is 0.265 e. The molecule has 0 unspecified atom stereocenters. The van der Waals surface area contributed by atoms with Gasteiger partial charge in [-0.05, 0) is 46.2 Å². The summed E-state index contributed by atoms with van der Waals surface area (Å²) in [4.78, 5) is 23.8. The van der Waals surface area contributed by atoms with E-state index in [9.17, 15) is 18.0 Å². The van der Waals surface area contributed by atoms with Gasteiger partial charge in [-0.25, -0.2) is 8.42 Å². The number of ether oxygens (including phenoxy) is 1. The van der Waals surface area contributed by atoms with Crippen LogP contribution in [0.5, 0.6) is 5.75 Å². The molecule has 0 bridgehead atoms. The third-order valence-electron chi connectivity index (χ3n) is 3.78. The molecule has 2 N–H and O–H groups in total. The van der Waals surface area contributed by atoms with Gasteiger partial charge in [-0.15, -0.1) is 0 Å². The molecule has 0 spiro atoms. The highest BCUT2D eigenvalue weighted by molar-refractivity contribution is 7.89. The van der Waals surface area contributed by atoms with Crippen molar-refractivity contribution in [3.63, 3.8) is 0 Å². The van der Waals surface area contributed by atoms with Gasteiger partial charge in [-0.1, -0.05) is 0 Å². The SMILES string of the molecule is Cc1cc2c(cc1S(=O)(=O)N(C)CC(=O)NC(C)(C)C)O[C@@H](C)C(=O)N2. The van der Waals surface area contributed by atoms with Gasteiger partial charge in [0.15, 0.2) is 6.10 Å². The molecule has 2 rings (SSSR count). The van der Waals surface area contributed by atoms with E-state index < -0.39 is 27.6 Å². The summed E-state index contributed by atoms with van der Waals surface area (Å²) in [5.74, 6) is -0.395. The number of sulfonamides is 1. The van der Waals surface area contributed by atoms with Gasteiger partial charge in [-0.2, -0.15) is 4.31 Å². The molecule has 0 fully saturated rings. The van der Waals surface area contributed by atoms with Crippen LogP contribution < -0.4 is 15.4 Å². The fraction of sp³-hybridized carbons (Fsp3) is 0.529. The summed E-state index contributed by atoms with van der Waals surface area (Å²) in [6, 6.07) is 2.93. The van der Waals surface area contributed by atoms with E-state index in [2.05, 4.69) is 10.6 Å². The van der Waals surface area contributed by atoms with Crippen LogP contribution in [0.3, 0.4) is 0 Å². The summed E-state index contributed by atoms with van der Waals surface area (Å²) in [7, 11) is -2.56. The second-order valence-electron chi connectivity index (χ2n) is 7.42. The third-order valence-corrected chi connectivity index (χ3v) is 5.72. The van der Waals surface area contributed by atoms with Gasteiger partial charge < -0.3 is 15.4 Å². The number of nitrogens with zero attached hydrogens (tertiary/aromatic N) is 1. The van der Waals surface area contributed by atoms with Gasteiger partial charge in [0.25, 0.3) is 5.91 Å². The molecule has 1 aliphatic rings. The largest absolute Gasteiger partial charge is 0.479 e. The Morgan fingerprint density at radius 3 is 2.54 bits per heavy atom. The monoisotopic (exact) mass is 383 g/mol. The lowest BCUT2D eigenvalue weighted by Crippen LogP contribution is -2.46. The predicted molar refractivity (Wildman–Crippen MR) is 97.6 cm³/mol. The minimum absolute atomic E-state index is 0.0330. The van der Waals surface area contributed by atoms with E-state index in [4.69, 9.17) is 4.74 Å². The van der Waals surface area contributed by atoms with Crippen LogP contribution in [0.4, 0.5) is 5.69 Å². The molecule has 144 valence electrons. The Bertz CT molecular complexity index is 843. The van der Waals surface area contributed by atoms with Crippen LogP contribution in [0.2, 0.25) is 0 Å². The zero-order chi connectivity index (χ0) is 19.9. The minimum atomic E-state index is -3.90. The predicted octanol–water partition coefficient (Wildman–Crippen LogP) is 1.25. The third kappa shape index (κ3) is 4.34. The van der Waals surface area contributed by atoms with Gasteiger partial charge in [0.1, 0.15) is 5.75 Å². The number of hydrogen-bond donors (Lipinski definition) is 2. The summed E-state index contributed by atoms with van der Waals surface area (Å²) < 4.78 is 32.3. The summed E-state index contributed by atoms with van der Waals surface area (Å²) in [5, 5.41) is 5.41. The number of nitrogens with one attached hydrogen (secondary N) is 2. The van der Waals surface area contributed by atoms with Gasteiger partial charge in [-0.3, -0.25) is 9.59 Å². The summed E-state index contributed by atoms with van der Waals surface area (Å²) in [6.07, 6.45) is -0.712. The van der Waals surface area contributed by atoms with E-state index in [-0.39, 0.29) is 23.1 Å². The van der Waals surface area contributed by atoms with Crippen LogP contribution >= 0.6 is 0 Å². The lowest BCUT2D eigenvalue weighted by atomic mass is 10.1. The van der Waals surface area contributed by atoms with Gasteiger partial charge in [0.2, 0.25) is 15.9 Å². The zero-order valence-electron chi connectivity index (χ0n) is 15.8. The minimum Gasteiger partial charge on any atom is -0.479 e. The lowest BCUT2D eigenvalue weighted by molar-refractivity contribution is -0.123. The van der Waals surface area contributed by atoms with Crippen molar-refractivity contribution >= 4 is 27.5 Å². The van der Waals surface area contributed by atoms with E-state index in [1.807, 2.05) is 20.8 Å². The molecule has 0 saturated carbocycles. The second kappa shape index (κ2) is 6.88. The topological polar surface area (TPSA) is 105 Å². The standard InChI is InChI=1S/C17H25N3O5S/c1-10-7-12-13(25-11(2)16(22)18-12)8-14(10)26(23,24)20(6)9-15(21)19-17(3,4)5/h7-8,11H,9H2,1-6H3,(H,18,22)(H,19,21)/t11-/m0/s1. The number of rotatable bonds is 4. The van der Waals surface area contributed by atoms with Crippen molar-refractivity contribution < 1.29 is 22.7 Å². The zero-order valence-corrected chi connectivity index (χ0v) is 16.7. The molecule has 1 aromatic carbocycles. The van der Waals surface area contributed by atoms with Crippen LogP contribution in [0.25, 0.3) is 0 Å². The number of likely N-dealkylation sites (N-methyl/N-ethyl adjacent to an activating group) is 1. The van der Waals surface area contributed by atoms with Crippen molar-refractivity contribution in [1.82, 2.24) is 9.62 Å². The number of carbonyl (C=O) groups is 2. The molecule has 1 aromatic rings. The van der Waals surface area contributed by atoms with Gasteiger partial charge in [0.05, 0.1) is 17.1 Å². The van der Waals surface area contributed by atoms with Crippen LogP contribution in [-0.2, 0) is 19.6 Å². The molecule has 1 heterocycles. The van der Waals surface area contributed by atoms with Crippen LogP contribution in [0.15, 0.2) is 17.0 Å². The first-order chi connectivity index (χ1) is 11.8. The maximum Gasteiger partial charge on any atom is 0.265 e. The first-order valence-electron chi connectivity index (χ1n) is 8.21. The number of aryl methyl sites for hydroxylation is 1. The number of fused-ring (bicyclic) bond motifs is 1. The molecule has 9 heteroatoms. The van der Waals surface area contributed by atoms with Crippen molar-refractivity contribution in [2.45, 2.75) is 51.2 Å². The number of amides is 2. The quantitative estimate of drug-likeness (QED) is 0.814. The first kappa shape index (κ1) is 20.2. The molecular weight excluding hydrogens is 358 g/mol. The fourth-order valence-electron chi connectivity index (χ4n) is 2.53. The summed E-state index contributed by atoms with van der Waals surface area (Å²) >= 11 is 0. The van der Waals surface area contributed by atoms with Crippen LogP contribution in [0.1, 0.15) is 33.3 Å². The highest BCUT2D eigenvalue weighted by Crippen LogP contribution is 2.35. The van der Waals surface area contributed by atoms with Crippen molar-refractivity contribution in [3.8, 4) is 5.75 Å². The second-order valence-corrected chi connectivity index (χ2v) is 9.44.